The highest BCUT2D eigenvalue weighted by molar-refractivity contribution is 8.68. The van der Waals surface area contributed by atoms with E-state index >= 15 is 0 Å². The summed E-state index contributed by atoms with van der Waals surface area (Å²) in [5.74, 6) is 0.802. The maximum atomic E-state index is 12.5. The number of aryl methyl sites for hydroxylation is 2. The van der Waals surface area contributed by atoms with Crippen LogP contribution in [0, 0.1) is 19.3 Å². The second-order valence-electron chi connectivity index (χ2n) is 12.0. The lowest BCUT2D eigenvalue weighted by atomic mass is 10.00. The van der Waals surface area contributed by atoms with E-state index in [4.69, 9.17) is 30.3 Å². The number of aliphatic hydroxyl groups is 2. The molecule has 0 saturated carbocycles. The molecule has 2 fully saturated rings. The van der Waals surface area contributed by atoms with Crippen LogP contribution in [-0.4, -0.2) is 83.6 Å². The summed E-state index contributed by atoms with van der Waals surface area (Å²) in [7, 11) is 0. The molecule has 0 spiro atoms. The standard InChI is InChI=1S/C27H39N4O11PS3/c1-14-10-30(25(37)28-22(14)34)20-8-16(33)19(41-20)13-39-43(44,46-7-6-45-24(36)27(3,4)5)42-17-9-21(40-18(17)12-32)31-11-15(2)23(35)29-26(31)38/h10-11,16-21,32-33H,6-9,12-13H2,1-5H3,(H,28,34,37)(H,29,35,38)/t16-,17-,18+,19+,20+,21+,43?/m0/s1. The predicted octanol–water partition coefficient (Wildman–Crippen LogP) is 1.30. The zero-order chi connectivity index (χ0) is 34.0. The minimum absolute atomic E-state index is 0.0125. The average Bonchev–Trinajstić information content (AvgIpc) is 3.55. The van der Waals surface area contributed by atoms with Crippen LogP contribution in [0.4, 0.5) is 0 Å². The van der Waals surface area contributed by atoms with Crippen molar-refractivity contribution in [1.29, 1.82) is 0 Å². The van der Waals surface area contributed by atoms with Gasteiger partial charge in [-0.15, -0.1) is 0 Å². The summed E-state index contributed by atoms with van der Waals surface area (Å²) >= 11 is 8.27. The largest absolute Gasteiger partial charge is 0.394 e. The van der Waals surface area contributed by atoms with Crippen molar-refractivity contribution in [3.63, 3.8) is 0 Å². The van der Waals surface area contributed by atoms with Gasteiger partial charge in [0, 0.05) is 53.3 Å². The van der Waals surface area contributed by atoms with Crippen molar-refractivity contribution in [2.45, 2.75) is 84.3 Å². The summed E-state index contributed by atoms with van der Waals surface area (Å²) in [6.45, 7) is 7.93. The number of thioether (sulfide) groups is 1. The molecule has 2 aliphatic rings. The van der Waals surface area contributed by atoms with Crippen molar-refractivity contribution in [2.24, 2.45) is 5.41 Å². The minimum atomic E-state index is -3.28. The molecule has 256 valence electrons. The van der Waals surface area contributed by atoms with Crippen LogP contribution in [0.15, 0.2) is 31.6 Å². The monoisotopic (exact) mass is 722 g/mol. The molecule has 4 heterocycles. The lowest BCUT2D eigenvalue weighted by Gasteiger charge is -2.28. The van der Waals surface area contributed by atoms with Gasteiger partial charge in [-0.2, -0.15) is 0 Å². The summed E-state index contributed by atoms with van der Waals surface area (Å²) in [5, 5.41) is 20.9. The van der Waals surface area contributed by atoms with Crippen LogP contribution < -0.4 is 22.5 Å². The Balaban J connectivity index is 1.49. The molecule has 2 aromatic heterocycles. The van der Waals surface area contributed by atoms with E-state index in [9.17, 15) is 34.2 Å². The number of hydrogen-bond acceptors (Lipinski definition) is 14. The molecular formula is C27H39N4O11PS3. The Morgan fingerprint density at radius 3 is 2.09 bits per heavy atom. The highest BCUT2D eigenvalue weighted by Gasteiger charge is 2.42. The molecule has 2 aromatic rings. The molecule has 4 N–H and O–H groups in total. The number of nitrogens with zero attached hydrogens (tertiary/aromatic N) is 2. The molecule has 7 atom stereocenters. The first-order valence-electron chi connectivity index (χ1n) is 14.5. The van der Waals surface area contributed by atoms with Gasteiger partial charge in [0.15, 0.2) is 5.12 Å². The zero-order valence-corrected chi connectivity index (χ0v) is 29.3. The Labute approximate surface area is 277 Å². The Bertz CT molecular complexity index is 1700. The number of nitrogens with one attached hydrogen (secondary N) is 2. The fraction of sp³-hybridized carbons (Fsp3) is 0.667. The Hall–Kier alpha value is -1.86. The second-order valence-corrected chi connectivity index (χ2v) is 19.5. The molecule has 2 aliphatic heterocycles. The van der Waals surface area contributed by atoms with Crippen LogP contribution >= 0.6 is 28.8 Å². The van der Waals surface area contributed by atoms with E-state index in [1.807, 2.05) is 20.8 Å². The van der Waals surface area contributed by atoms with Crippen LogP contribution in [0.5, 0.6) is 0 Å². The van der Waals surface area contributed by atoms with Gasteiger partial charge in [0.2, 0.25) is 5.69 Å². The molecule has 0 aromatic carbocycles. The van der Waals surface area contributed by atoms with E-state index in [-0.39, 0.29) is 24.6 Å². The SMILES string of the molecule is Cc1cn([C@H]2C[C@H](OP(=S)(OC[C@H]3O[C@@H](n4cc(C)c(=O)[nH]c4=O)C[C@@H]3O)SCCSC(=O)C(C)(C)C)[C@@H](CO)O2)c(=O)[nH]c1=O. The normalized spacial score (nSPS) is 26.3. The maximum Gasteiger partial charge on any atom is 0.330 e. The summed E-state index contributed by atoms with van der Waals surface area (Å²) in [6.07, 6.45) is -2.43. The highest BCUT2D eigenvalue weighted by Crippen LogP contribution is 2.63. The van der Waals surface area contributed by atoms with Crippen LogP contribution in [-0.2, 0) is 35.1 Å². The van der Waals surface area contributed by atoms with Crippen molar-refractivity contribution in [3.8, 4) is 0 Å². The van der Waals surface area contributed by atoms with Gasteiger partial charge in [0.1, 0.15) is 24.7 Å². The topological polar surface area (TPSA) is 204 Å². The molecule has 46 heavy (non-hydrogen) atoms. The van der Waals surface area contributed by atoms with E-state index in [2.05, 4.69) is 9.97 Å². The quantitative estimate of drug-likeness (QED) is 0.180. The van der Waals surface area contributed by atoms with E-state index in [0.29, 0.717) is 22.6 Å². The van der Waals surface area contributed by atoms with Crippen molar-refractivity contribution in [3.05, 3.63) is 65.2 Å². The molecule has 0 radical (unpaired) electrons. The smallest absolute Gasteiger partial charge is 0.330 e. The number of aliphatic hydroxyl groups excluding tert-OH is 2. The van der Waals surface area contributed by atoms with Crippen molar-refractivity contribution in [1.82, 2.24) is 19.1 Å². The first-order chi connectivity index (χ1) is 21.5. The number of aromatic amines is 2. The van der Waals surface area contributed by atoms with Crippen LogP contribution in [0.2, 0.25) is 0 Å². The third-order valence-corrected chi connectivity index (χ3v) is 14.1. The summed E-state index contributed by atoms with van der Waals surface area (Å²) in [6, 6.07) is 0. The first kappa shape index (κ1) is 37.0. The number of carbonyl (C=O) groups is 1. The summed E-state index contributed by atoms with van der Waals surface area (Å²) < 4.78 is 26.8. The fourth-order valence-electron chi connectivity index (χ4n) is 4.71. The maximum absolute atomic E-state index is 12.5. The number of rotatable bonds is 12. The molecule has 4 rings (SSSR count). The van der Waals surface area contributed by atoms with Gasteiger partial charge in [-0.25, -0.2) is 9.59 Å². The molecular weight excluding hydrogens is 683 g/mol. The third-order valence-electron chi connectivity index (χ3n) is 7.32. The Morgan fingerprint density at radius 1 is 1.00 bits per heavy atom. The van der Waals surface area contributed by atoms with Gasteiger partial charge >= 0.3 is 11.4 Å². The minimum Gasteiger partial charge on any atom is -0.394 e. The fourth-order valence-corrected chi connectivity index (χ4v) is 10.7. The Kier molecular flexibility index (Phi) is 12.2. The van der Waals surface area contributed by atoms with Crippen LogP contribution in [0.25, 0.3) is 0 Å². The number of ether oxygens (including phenoxy) is 2. The van der Waals surface area contributed by atoms with E-state index in [0.717, 1.165) is 0 Å². The highest BCUT2D eigenvalue weighted by atomic mass is 32.9. The van der Waals surface area contributed by atoms with Crippen molar-refractivity contribution in [2.75, 3.05) is 24.7 Å². The van der Waals surface area contributed by atoms with Crippen LogP contribution in [0.1, 0.15) is 57.2 Å². The average molecular weight is 723 g/mol. The molecule has 1 unspecified atom stereocenters. The predicted molar refractivity (Wildman–Crippen MR) is 177 cm³/mol. The molecule has 0 bridgehead atoms. The molecule has 0 aliphatic carbocycles. The van der Waals surface area contributed by atoms with Gasteiger partial charge in [0.25, 0.3) is 11.1 Å². The lowest BCUT2D eigenvalue weighted by molar-refractivity contribution is -0.117. The molecule has 15 nitrogen and oxygen atoms in total. The van der Waals surface area contributed by atoms with Gasteiger partial charge in [-0.3, -0.25) is 33.5 Å². The van der Waals surface area contributed by atoms with E-state index in [1.54, 1.807) is 13.8 Å². The molecule has 2 saturated heterocycles. The van der Waals surface area contributed by atoms with Crippen LogP contribution in [0.3, 0.4) is 0 Å². The number of carbonyl (C=O) groups excluding carboxylic acids is 1. The third kappa shape index (κ3) is 8.98. The number of hydrogen-bond donors (Lipinski definition) is 4. The molecule has 0 amide bonds. The van der Waals surface area contributed by atoms with E-state index < -0.39 is 77.1 Å². The number of H-pyrrole nitrogens is 2. The number of aromatic nitrogens is 4. The lowest BCUT2D eigenvalue weighted by Crippen LogP contribution is -2.33. The van der Waals surface area contributed by atoms with E-state index in [1.165, 1.54) is 44.7 Å². The van der Waals surface area contributed by atoms with Gasteiger partial charge in [0.05, 0.1) is 25.4 Å². The van der Waals surface area contributed by atoms with Gasteiger partial charge in [-0.05, 0) is 25.7 Å². The van der Waals surface area contributed by atoms with Gasteiger partial charge < -0.3 is 28.7 Å². The first-order valence-corrected chi connectivity index (χ1v) is 19.7. The molecule has 19 heteroatoms. The van der Waals surface area contributed by atoms with Crippen molar-refractivity contribution >= 4 is 45.8 Å². The summed E-state index contributed by atoms with van der Waals surface area (Å²) in [5.41, 5.74) is -5.60. The zero-order valence-electron chi connectivity index (χ0n) is 26.0. The Morgan fingerprint density at radius 2 is 1.54 bits per heavy atom. The summed E-state index contributed by atoms with van der Waals surface area (Å²) in [4.78, 5) is 65.4. The van der Waals surface area contributed by atoms with Crippen molar-refractivity contribution < 1.29 is 33.5 Å². The van der Waals surface area contributed by atoms with Gasteiger partial charge in [-0.1, -0.05) is 43.9 Å². The second kappa shape index (κ2) is 15.1.